The van der Waals surface area contributed by atoms with Gasteiger partial charge in [-0.25, -0.2) is 4.39 Å². The van der Waals surface area contributed by atoms with Crippen molar-refractivity contribution in [2.24, 2.45) is 5.92 Å². The first-order chi connectivity index (χ1) is 9.65. The molecule has 3 rings (SSSR count). The van der Waals surface area contributed by atoms with E-state index in [1.807, 2.05) is 30.3 Å². The molecule has 4 heteroatoms. The average Bonchev–Trinajstić information content (AvgIpc) is 3.23. The van der Waals surface area contributed by atoms with Gasteiger partial charge in [-0.3, -0.25) is 4.79 Å². The van der Waals surface area contributed by atoms with Crippen LogP contribution >= 0.6 is 11.6 Å². The molecule has 0 bridgehead atoms. The molecular formula is C16H13ClFNO. The number of rotatable bonds is 3. The minimum Gasteiger partial charge on any atom is -0.323 e. The molecule has 0 saturated heterocycles. The Bertz CT molecular complexity index is 644. The molecule has 0 aliphatic heterocycles. The largest absolute Gasteiger partial charge is 0.323 e. The fraction of sp³-hybridized carbons (Fsp3) is 0.188. The Labute approximate surface area is 121 Å². The third-order valence-corrected chi connectivity index (χ3v) is 3.78. The van der Waals surface area contributed by atoms with E-state index < -0.39 is 5.82 Å². The van der Waals surface area contributed by atoms with Gasteiger partial charge in [-0.1, -0.05) is 41.9 Å². The van der Waals surface area contributed by atoms with Crippen LogP contribution in [0.2, 0.25) is 5.02 Å². The van der Waals surface area contributed by atoms with Gasteiger partial charge in [0.2, 0.25) is 5.91 Å². The lowest BCUT2D eigenvalue weighted by Crippen LogP contribution is -2.15. The molecule has 0 spiro atoms. The monoisotopic (exact) mass is 289 g/mol. The van der Waals surface area contributed by atoms with E-state index in [4.69, 9.17) is 11.6 Å². The zero-order chi connectivity index (χ0) is 14.1. The fourth-order valence-corrected chi connectivity index (χ4v) is 2.53. The van der Waals surface area contributed by atoms with Crippen molar-refractivity contribution in [2.45, 2.75) is 12.3 Å². The van der Waals surface area contributed by atoms with Crippen molar-refractivity contribution in [3.63, 3.8) is 0 Å². The lowest BCUT2D eigenvalue weighted by molar-refractivity contribution is -0.117. The zero-order valence-electron chi connectivity index (χ0n) is 10.6. The van der Waals surface area contributed by atoms with Crippen molar-refractivity contribution in [1.29, 1.82) is 0 Å². The zero-order valence-corrected chi connectivity index (χ0v) is 11.4. The number of nitrogens with one attached hydrogen (secondary N) is 1. The smallest absolute Gasteiger partial charge is 0.228 e. The van der Waals surface area contributed by atoms with Crippen molar-refractivity contribution < 1.29 is 9.18 Å². The maximum absolute atomic E-state index is 13.6. The number of hydrogen-bond acceptors (Lipinski definition) is 1. The molecule has 2 atom stereocenters. The van der Waals surface area contributed by atoms with Crippen LogP contribution in [-0.4, -0.2) is 5.91 Å². The summed E-state index contributed by atoms with van der Waals surface area (Å²) in [6.45, 7) is 0. The number of carbonyl (C=O) groups excluding carboxylic acids is 1. The van der Waals surface area contributed by atoms with Crippen LogP contribution in [0.15, 0.2) is 48.5 Å². The van der Waals surface area contributed by atoms with Gasteiger partial charge < -0.3 is 5.32 Å². The second kappa shape index (κ2) is 5.25. The van der Waals surface area contributed by atoms with E-state index in [1.54, 1.807) is 6.07 Å². The quantitative estimate of drug-likeness (QED) is 0.900. The van der Waals surface area contributed by atoms with Gasteiger partial charge >= 0.3 is 0 Å². The second-order valence-corrected chi connectivity index (χ2v) is 5.41. The Morgan fingerprint density at radius 2 is 1.95 bits per heavy atom. The molecule has 1 aliphatic carbocycles. The maximum Gasteiger partial charge on any atom is 0.228 e. The topological polar surface area (TPSA) is 29.1 Å². The standard InChI is InChI=1S/C16H13ClFNO/c17-11-6-7-15(14(18)8-11)19-16(20)13-9-12(13)10-4-2-1-3-5-10/h1-8,12-13H,9H2,(H,19,20)/t12-,13+/m0/s1. The molecule has 102 valence electrons. The number of benzene rings is 2. The normalized spacial score (nSPS) is 20.5. The summed E-state index contributed by atoms with van der Waals surface area (Å²) >= 11 is 5.68. The molecule has 0 heterocycles. The van der Waals surface area contributed by atoms with Crippen molar-refractivity contribution in [1.82, 2.24) is 0 Å². The molecule has 20 heavy (non-hydrogen) atoms. The predicted molar refractivity (Wildman–Crippen MR) is 77.3 cm³/mol. The number of hydrogen-bond donors (Lipinski definition) is 1. The van der Waals surface area contributed by atoms with E-state index in [0.29, 0.717) is 5.02 Å². The molecule has 0 unspecified atom stereocenters. The van der Waals surface area contributed by atoms with E-state index >= 15 is 0 Å². The molecule has 1 saturated carbocycles. The first kappa shape index (κ1) is 13.1. The van der Waals surface area contributed by atoms with E-state index in [2.05, 4.69) is 5.32 Å². The number of halogens is 2. The molecule has 0 radical (unpaired) electrons. The summed E-state index contributed by atoms with van der Waals surface area (Å²) in [4.78, 5) is 12.1. The molecule has 2 aromatic carbocycles. The van der Waals surface area contributed by atoms with Crippen molar-refractivity contribution in [2.75, 3.05) is 5.32 Å². The predicted octanol–water partition coefficient (Wildman–Crippen LogP) is 4.22. The number of amides is 1. The molecule has 2 nitrogen and oxygen atoms in total. The minimum atomic E-state index is -0.511. The molecule has 2 aromatic rings. The van der Waals surface area contributed by atoms with E-state index in [-0.39, 0.29) is 23.4 Å². The third-order valence-electron chi connectivity index (χ3n) is 3.54. The summed E-state index contributed by atoms with van der Waals surface area (Å²) in [5, 5.41) is 2.94. The summed E-state index contributed by atoms with van der Waals surface area (Å²) in [5.41, 5.74) is 1.34. The highest BCUT2D eigenvalue weighted by Crippen LogP contribution is 2.47. The van der Waals surface area contributed by atoms with Crippen LogP contribution < -0.4 is 5.32 Å². The Morgan fingerprint density at radius 1 is 1.20 bits per heavy atom. The Kier molecular flexibility index (Phi) is 3.45. The molecule has 1 fully saturated rings. The first-order valence-electron chi connectivity index (χ1n) is 6.46. The van der Waals surface area contributed by atoms with Crippen LogP contribution in [0.5, 0.6) is 0 Å². The van der Waals surface area contributed by atoms with Gasteiger partial charge in [0.1, 0.15) is 5.82 Å². The first-order valence-corrected chi connectivity index (χ1v) is 6.84. The van der Waals surface area contributed by atoms with Crippen LogP contribution in [0.1, 0.15) is 17.9 Å². The Hall–Kier alpha value is -1.87. The van der Waals surface area contributed by atoms with Gasteiger partial charge in [0.15, 0.2) is 0 Å². The average molecular weight is 290 g/mol. The van der Waals surface area contributed by atoms with Crippen LogP contribution in [0.3, 0.4) is 0 Å². The van der Waals surface area contributed by atoms with Gasteiger partial charge in [-0.2, -0.15) is 0 Å². The molecule has 1 N–H and O–H groups in total. The summed E-state index contributed by atoms with van der Waals surface area (Å²) in [6, 6.07) is 14.1. The number of carbonyl (C=O) groups is 1. The Balaban J connectivity index is 1.67. The molecule has 1 aliphatic rings. The van der Waals surface area contributed by atoms with Gasteiger partial charge in [-0.05, 0) is 36.1 Å². The van der Waals surface area contributed by atoms with Gasteiger partial charge in [0.25, 0.3) is 0 Å². The van der Waals surface area contributed by atoms with Crippen LogP contribution in [-0.2, 0) is 4.79 Å². The van der Waals surface area contributed by atoms with Gasteiger partial charge in [0, 0.05) is 10.9 Å². The second-order valence-electron chi connectivity index (χ2n) is 4.97. The summed E-state index contributed by atoms with van der Waals surface area (Å²) in [5.74, 6) is -0.484. The highest BCUT2D eigenvalue weighted by Gasteiger charge is 2.43. The molecule has 1 amide bonds. The van der Waals surface area contributed by atoms with E-state index in [1.165, 1.54) is 12.1 Å². The lowest BCUT2D eigenvalue weighted by atomic mass is 10.1. The van der Waals surface area contributed by atoms with Crippen LogP contribution in [0.4, 0.5) is 10.1 Å². The summed E-state index contributed by atoms with van der Waals surface area (Å²) in [7, 11) is 0. The highest BCUT2D eigenvalue weighted by atomic mass is 35.5. The van der Waals surface area contributed by atoms with Crippen molar-refractivity contribution in [3.05, 3.63) is 64.9 Å². The SMILES string of the molecule is O=C(Nc1ccc(Cl)cc1F)[C@@H]1C[C@H]1c1ccccc1. The molecular weight excluding hydrogens is 277 g/mol. The molecule has 0 aromatic heterocycles. The van der Waals surface area contributed by atoms with Crippen LogP contribution in [0.25, 0.3) is 0 Å². The Morgan fingerprint density at radius 3 is 2.65 bits per heavy atom. The van der Waals surface area contributed by atoms with Crippen molar-refractivity contribution in [3.8, 4) is 0 Å². The van der Waals surface area contributed by atoms with Crippen molar-refractivity contribution >= 4 is 23.2 Å². The fourth-order valence-electron chi connectivity index (χ4n) is 2.37. The number of anilines is 1. The summed E-state index contributed by atoms with van der Waals surface area (Å²) < 4.78 is 13.6. The lowest BCUT2D eigenvalue weighted by Gasteiger charge is -2.06. The summed E-state index contributed by atoms with van der Waals surface area (Å²) in [6.07, 6.45) is 0.811. The minimum absolute atomic E-state index is 0.0764. The van der Waals surface area contributed by atoms with Gasteiger partial charge in [-0.15, -0.1) is 0 Å². The van der Waals surface area contributed by atoms with Gasteiger partial charge in [0.05, 0.1) is 5.69 Å². The van der Waals surface area contributed by atoms with E-state index in [0.717, 1.165) is 12.0 Å². The van der Waals surface area contributed by atoms with Crippen LogP contribution in [0, 0.1) is 11.7 Å². The highest BCUT2D eigenvalue weighted by molar-refractivity contribution is 6.30. The van der Waals surface area contributed by atoms with E-state index in [9.17, 15) is 9.18 Å². The maximum atomic E-state index is 13.6. The third kappa shape index (κ3) is 2.68.